The van der Waals surface area contributed by atoms with Gasteiger partial charge in [0.1, 0.15) is 0 Å². The fourth-order valence-electron chi connectivity index (χ4n) is 5.08. The first-order chi connectivity index (χ1) is 11.5. The Balaban J connectivity index is 1.57. The van der Waals surface area contributed by atoms with E-state index in [2.05, 4.69) is 78.1 Å². The Hall–Kier alpha value is 0.680. The lowest BCUT2D eigenvalue weighted by Gasteiger charge is -2.39. The molecule has 0 spiro atoms. The number of benzene rings is 1. The van der Waals surface area contributed by atoms with Crippen molar-refractivity contribution in [1.82, 2.24) is 0 Å². The average Bonchev–Trinajstić information content (AvgIpc) is 2.59. The average molecular weight is 550 g/mol. The Morgan fingerprint density at radius 1 is 0.833 bits per heavy atom. The Kier molecular flexibility index (Phi) is 6.95. The summed E-state index contributed by atoms with van der Waals surface area (Å²) in [7, 11) is 0. The first-order valence-electron chi connectivity index (χ1n) is 9.91. The number of halogens is 2. The molecule has 0 N–H and O–H groups in total. The van der Waals surface area contributed by atoms with Crippen molar-refractivity contribution in [2.75, 3.05) is 0 Å². The van der Waals surface area contributed by atoms with Crippen LogP contribution >= 0.6 is 45.2 Å². The van der Waals surface area contributed by atoms with E-state index >= 15 is 0 Å². The van der Waals surface area contributed by atoms with Gasteiger partial charge in [0, 0.05) is 7.14 Å². The SMILES string of the molecule is Cc1c(I)cc(C2CCC(C(C)C3CCC(C)CC3)CC2)cc1I. The van der Waals surface area contributed by atoms with E-state index in [1.807, 2.05) is 0 Å². The van der Waals surface area contributed by atoms with Crippen LogP contribution in [0.1, 0.15) is 82.3 Å². The van der Waals surface area contributed by atoms with Gasteiger partial charge in [-0.25, -0.2) is 0 Å². The largest absolute Gasteiger partial charge is 0.0625 e. The van der Waals surface area contributed by atoms with Gasteiger partial charge in [-0.3, -0.25) is 0 Å². The smallest absolute Gasteiger partial charge is 0.0172 e. The Morgan fingerprint density at radius 2 is 1.29 bits per heavy atom. The van der Waals surface area contributed by atoms with Gasteiger partial charge in [-0.1, -0.05) is 26.7 Å². The molecule has 1 atom stereocenters. The highest BCUT2D eigenvalue weighted by molar-refractivity contribution is 14.1. The van der Waals surface area contributed by atoms with Crippen LogP contribution in [-0.4, -0.2) is 0 Å². The van der Waals surface area contributed by atoms with Gasteiger partial charge in [0.25, 0.3) is 0 Å². The Bertz CT molecular complexity index is 526. The maximum Gasteiger partial charge on any atom is 0.0172 e. The van der Waals surface area contributed by atoms with E-state index in [1.54, 1.807) is 5.56 Å². The predicted octanol–water partition coefficient (Wildman–Crippen LogP) is 7.94. The van der Waals surface area contributed by atoms with Crippen molar-refractivity contribution in [1.29, 1.82) is 0 Å². The summed E-state index contributed by atoms with van der Waals surface area (Å²) in [5.74, 6) is 4.75. The van der Waals surface area contributed by atoms with E-state index in [4.69, 9.17) is 0 Å². The molecule has 3 rings (SSSR count). The van der Waals surface area contributed by atoms with Crippen LogP contribution in [0.15, 0.2) is 12.1 Å². The van der Waals surface area contributed by atoms with E-state index in [0.717, 1.165) is 29.6 Å². The molecule has 134 valence electrons. The lowest BCUT2D eigenvalue weighted by molar-refractivity contribution is 0.138. The van der Waals surface area contributed by atoms with Crippen LogP contribution < -0.4 is 0 Å². The van der Waals surface area contributed by atoms with E-state index in [0.29, 0.717) is 0 Å². The topological polar surface area (TPSA) is 0 Å². The van der Waals surface area contributed by atoms with Gasteiger partial charge < -0.3 is 0 Å². The zero-order valence-corrected chi connectivity index (χ0v) is 19.8. The third-order valence-corrected chi connectivity index (χ3v) is 9.34. The summed E-state index contributed by atoms with van der Waals surface area (Å²) in [6, 6.07) is 4.91. The molecular weight excluding hydrogens is 518 g/mol. The van der Waals surface area contributed by atoms with Gasteiger partial charge in [0.2, 0.25) is 0 Å². The minimum absolute atomic E-state index is 0.808. The van der Waals surface area contributed by atoms with Crippen molar-refractivity contribution in [3.8, 4) is 0 Å². The molecular formula is C22H32I2. The molecule has 0 heterocycles. The Labute approximate surface area is 176 Å². The molecule has 1 aromatic carbocycles. The second-order valence-corrected chi connectivity index (χ2v) is 10.9. The second-order valence-electron chi connectivity index (χ2n) is 8.60. The van der Waals surface area contributed by atoms with Crippen molar-refractivity contribution in [2.45, 2.75) is 78.1 Å². The van der Waals surface area contributed by atoms with E-state index in [-0.39, 0.29) is 0 Å². The molecule has 0 radical (unpaired) electrons. The lowest BCUT2D eigenvalue weighted by Crippen LogP contribution is -2.27. The molecule has 0 amide bonds. The van der Waals surface area contributed by atoms with Crippen LogP contribution in [0.2, 0.25) is 0 Å². The number of hydrogen-bond donors (Lipinski definition) is 0. The van der Waals surface area contributed by atoms with Crippen LogP contribution in [0.4, 0.5) is 0 Å². The van der Waals surface area contributed by atoms with E-state index in [1.165, 1.54) is 64.1 Å². The normalized spacial score (nSPS) is 32.5. The maximum atomic E-state index is 2.57. The summed E-state index contributed by atoms with van der Waals surface area (Å²) in [6.45, 7) is 7.26. The van der Waals surface area contributed by atoms with Crippen LogP contribution in [0.3, 0.4) is 0 Å². The zero-order chi connectivity index (χ0) is 17.3. The van der Waals surface area contributed by atoms with Crippen LogP contribution in [-0.2, 0) is 0 Å². The summed E-state index contributed by atoms with van der Waals surface area (Å²) in [6.07, 6.45) is 11.7. The van der Waals surface area contributed by atoms with Crippen LogP contribution in [0, 0.1) is 37.7 Å². The van der Waals surface area contributed by atoms with Gasteiger partial charge in [0.15, 0.2) is 0 Å². The molecule has 1 aromatic rings. The molecule has 1 unspecified atom stereocenters. The highest BCUT2D eigenvalue weighted by Gasteiger charge is 2.32. The number of hydrogen-bond acceptors (Lipinski definition) is 0. The molecule has 2 aliphatic carbocycles. The molecule has 24 heavy (non-hydrogen) atoms. The van der Waals surface area contributed by atoms with Gasteiger partial charge in [-0.2, -0.15) is 0 Å². The summed E-state index contributed by atoms with van der Waals surface area (Å²) < 4.78 is 2.89. The fourth-order valence-corrected chi connectivity index (χ4v) is 6.89. The molecule has 0 aliphatic heterocycles. The molecule has 0 saturated heterocycles. The zero-order valence-electron chi connectivity index (χ0n) is 15.5. The van der Waals surface area contributed by atoms with Crippen molar-refractivity contribution in [3.63, 3.8) is 0 Å². The minimum atomic E-state index is 0.808. The van der Waals surface area contributed by atoms with Crippen molar-refractivity contribution in [2.24, 2.45) is 23.7 Å². The van der Waals surface area contributed by atoms with Crippen molar-refractivity contribution >= 4 is 45.2 Å². The highest BCUT2D eigenvalue weighted by Crippen LogP contribution is 2.44. The quantitative estimate of drug-likeness (QED) is 0.336. The molecule has 2 fully saturated rings. The van der Waals surface area contributed by atoms with E-state index in [9.17, 15) is 0 Å². The summed E-state index contributed by atoms with van der Waals surface area (Å²) in [5.41, 5.74) is 3.06. The fraction of sp³-hybridized carbons (Fsp3) is 0.727. The first kappa shape index (κ1) is 19.4. The van der Waals surface area contributed by atoms with Gasteiger partial charge in [-0.15, -0.1) is 0 Å². The first-order valence-corrected chi connectivity index (χ1v) is 12.1. The standard InChI is InChI=1S/C22H32I2/c1-14-4-6-17(7-5-14)15(2)18-8-10-19(11-9-18)20-12-21(23)16(3)22(24)13-20/h12-15,17-19H,4-11H2,1-3H3. The molecule has 0 nitrogen and oxygen atoms in total. The van der Waals surface area contributed by atoms with Crippen molar-refractivity contribution in [3.05, 3.63) is 30.4 Å². The lowest BCUT2D eigenvalue weighted by atomic mass is 9.67. The summed E-state index contributed by atoms with van der Waals surface area (Å²) in [4.78, 5) is 0. The third-order valence-electron chi connectivity index (χ3n) is 7.09. The monoisotopic (exact) mass is 550 g/mol. The van der Waals surface area contributed by atoms with Crippen molar-refractivity contribution < 1.29 is 0 Å². The number of rotatable bonds is 3. The second kappa shape index (κ2) is 8.58. The van der Waals surface area contributed by atoms with Crippen LogP contribution in [0.5, 0.6) is 0 Å². The van der Waals surface area contributed by atoms with Gasteiger partial charge in [-0.05, 0) is 143 Å². The van der Waals surface area contributed by atoms with Gasteiger partial charge in [0.05, 0.1) is 0 Å². The molecule has 0 bridgehead atoms. The summed E-state index contributed by atoms with van der Waals surface area (Å²) in [5, 5.41) is 0. The Morgan fingerprint density at radius 3 is 1.79 bits per heavy atom. The van der Waals surface area contributed by atoms with Crippen LogP contribution in [0.25, 0.3) is 0 Å². The molecule has 2 heteroatoms. The molecule has 2 saturated carbocycles. The predicted molar refractivity (Wildman–Crippen MR) is 122 cm³/mol. The van der Waals surface area contributed by atoms with E-state index < -0.39 is 0 Å². The molecule has 0 aromatic heterocycles. The highest BCUT2D eigenvalue weighted by atomic mass is 127. The molecule has 2 aliphatic rings. The maximum absolute atomic E-state index is 2.57. The third kappa shape index (κ3) is 4.50. The van der Waals surface area contributed by atoms with Gasteiger partial charge >= 0.3 is 0 Å². The summed E-state index contributed by atoms with van der Waals surface area (Å²) >= 11 is 5.02. The minimum Gasteiger partial charge on any atom is -0.0625 e.